The number of carbonyl (C=O) groups is 1. The normalized spacial score (nSPS) is 20.6. The summed E-state index contributed by atoms with van der Waals surface area (Å²) in [6.07, 6.45) is 2.07. The zero-order valence-electron chi connectivity index (χ0n) is 18.7. The third-order valence-corrected chi connectivity index (χ3v) is 5.36. The van der Waals surface area contributed by atoms with Crippen LogP contribution in [0.2, 0.25) is 0 Å². The number of hydrogen-bond donors (Lipinski definition) is 2. The van der Waals surface area contributed by atoms with E-state index < -0.39 is 0 Å². The van der Waals surface area contributed by atoms with Gasteiger partial charge in [0.25, 0.3) is 0 Å². The minimum absolute atomic E-state index is 0. The lowest BCUT2D eigenvalue weighted by Gasteiger charge is -2.33. The Balaban J connectivity index is 0.00000420. The number of amides is 1. The summed E-state index contributed by atoms with van der Waals surface area (Å²) in [5.41, 5.74) is 0. The Morgan fingerprint density at radius 3 is 2.41 bits per heavy atom. The summed E-state index contributed by atoms with van der Waals surface area (Å²) in [5, 5.41) is 6.97. The standard InChI is InChI=1S/C20H40N6O2.HI/c1-5-21-20(22-14-17(2)15-26-10-12-28-13-11-26)23-18-6-8-25(9-7-18)16-19(27)24(3)4;/h17-18H,5-16H2,1-4H3,(H2,21,22,23);1H. The predicted molar refractivity (Wildman–Crippen MR) is 129 cm³/mol. The van der Waals surface area contributed by atoms with Crippen molar-refractivity contribution >= 4 is 35.8 Å². The number of ether oxygens (including phenoxy) is 1. The molecule has 0 aromatic rings. The molecule has 1 amide bonds. The van der Waals surface area contributed by atoms with Crippen LogP contribution in [-0.4, -0.2) is 112 Å². The average Bonchev–Trinajstić information content (AvgIpc) is 2.68. The molecule has 0 saturated carbocycles. The number of guanidine groups is 1. The Morgan fingerprint density at radius 2 is 1.83 bits per heavy atom. The molecule has 0 aromatic carbocycles. The summed E-state index contributed by atoms with van der Waals surface area (Å²) in [5.74, 6) is 1.61. The molecule has 9 heteroatoms. The molecule has 8 nitrogen and oxygen atoms in total. The first kappa shape index (κ1) is 26.4. The number of nitrogens with one attached hydrogen (secondary N) is 2. The number of hydrogen-bond acceptors (Lipinski definition) is 5. The molecule has 29 heavy (non-hydrogen) atoms. The van der Waals surface area contributed by atoms with Gasteiger partial charge in [-0.2, -0.15) is 0 Å². The highest BCUT2D eigenvalue weighted by atomic mass is 127. The van der Waals surface area contributed by atoms with Crippen LogP contribution in [0.1, 0.15) is 26.7 Å². The van der Waals surface area contributed by atoms with Gasteiger partial charge in [-0.25, -0.2) is 0 Å². The zero-order chi connectivity index (χ0) is 20.4. The lowest BCUT2D eigenvalue weighted by molar-refractivity contribution is -0.130. The third kappa shape index (κ3) is 10.3. The molecule has 2 aliphatic rings. The van der Waals surface area contributed by atoms with Crippen LogP contribution in [0.4, 0.5) is 0 Å². The number of morpholine rings is 1. The van der Waals surface area contributed by atoms with Crippen LogP contribution in [0.3, 0.4) is 0 Å². The monoisotopic (exact) mass is 524 g/mol. The number of rotatable bonds is 8. The number of nitrogens with zero attached hydrogens (tertiary/aromatic N) is 4. The third-order valence-electron chi connectivity index (χ3n) is 5.36. The van der Waals surface area contributed by atoms with Gasteiger partial charge in [-0.1, -0.05) is 6.92 Å². The van der Waals surface area contributed by atoms with Crippen LogP contribution >= 0.6 is 24.0 Å². The van der Waals surface area contributed by atoms with Crippen molar-refractivity contribution in [3.05, 3.63) is 0 Å². The van der Waals surface area contributed by atoms with E-state index in [1.807, 2.05) is 14.1 Å². The van der Waals surface area contributed by atoms with Crippen molar-refractivity contribution in [2.75, 3.05) is 79.7 Å². The van der Waals surface area contributed by atoms with Gasteiger partial charge in [0.2, 0.25) is 5.91 Å². The lowest BCUT2D eigenvalue weighted by Crippen LogP contribution is -2.50. The van der Waals surface area contributed by atoms with Crippen molar-refractivity contribution in [3.63, 3.8) is 0 Å². The molecule has 0 aromatic heterocycles. The Labute approximate surface area is 193 Å². The molecule has 2 rings (SSSR count). The maximum Gasteiger partial charge on any atom is 0.236 e. The van der Waals surface area contributed by atoms with Gasteiger partial charge in [0.05, 0.1) is 19.8 Å². The fourth-order valence-corrected chi connectivity index (χ4v) is 3.61. The minimum Gasteiger partial charge on any atom is -0.379 e. The van der Waals surface area contributed by atoms with Crippen molar-refractivity contribution in [1.82, 2.24) is 25.3 Å². The number of piperidine rings is 1. The van der Waals surface area contributed by atoms with Crippen molar-refractivity contribution in [2.24, 2.45) is 10.9 Å². The van der Waals surface area contributed by atoms with Gasteiger partial charge < -0.3 is 20.3 Å². The van der Waals surface area contributed by atoms with Crippen LogP contribution in [0.15, 0.2) is 4.99 Å². The van der Waals surface area contributed by atoms with E-state index in [0.29, 0.717) is 18.5 Å². The number of likely N-dealkylation sites (N-methyl/N-ethyl adjacent to an activating group) is 1. The fraction of sp³-hybridized carbons (Fsp3) is 0.900. The first-order valence-electron chi connectivity index (χ1n) is 10.7. The smallest absolute Gasteiger partial charge is 0.236 e. The second-order valence-corrected chi connectivity index (χ2v) is 8.22. The molecule has 0 bridgehead atoms. The van der Waals surface area contributed by atoms with E-state index in [0.717, 1.165) is 77.8 Å². The van der Waals surface area contributed by atoms with Crippen LogP contribution in [0, 0.1) is 5.92 Å². The van der Waals surface area contributed by atoms with Gasteiger partial charge in [0.1, 0.15) is 0 Å². The summed E-state index contributed by atoms with van der Waals surface area (Å²) in [6, 6.07) is 0.415. The molecule has 0 radical (unpaired) electrons. The minimum atomic E-state index is 0. The van der Waals surface area contributed by atoms with E-state index in [9.17, 15) is 4.79 Å². The summed E-state index contributed by atoms with van der Waals surface area (Å²) < 4.78 is 5.42. The van der Waals surface area contributed by atoms with Gasteiger partial charge >= 0.3 is 0 Å². The fourth-order valence-electron chi connectivity index (χ4n) is 3.61. The number of aliphatic imine (C=N–C) groups is 1. The maximum absolute atomic E-state index is 11.9. The summed E-state index contributed by atoms with van der Waals surface area (Å²) >= 11 is 0. The predicted octanol–water partition coefficient (Wildman–Crippen LogP) is 0.680. The SMILES string of the molecule is CCNC(=NCC(C)CN1CCOCC1)NC1CCN(CC(=O)N(C)C)CC1.I. The molecule has 170 valence electrons. The Hall–Kier alpha value is -0.650. The van der Waals surface area contributed by atoms with Gasteiger partial charge in [-0.05, 0) is 25.7 Å². The van der Waals surface area contributed by atoms with E-state index in [1.165, 1.54) is 0 Å². The molecule has 2 heterocycles. The molecular weight excluding hydrogens is 483 g/mol. The molecule has 2 fully saturated rings. The van der Waals surface area contributed by atoms with E-state index in [1.54, 1.807) is 4.90 Å². The first-order valence-corrected chi connectivity index (χ1v) is 10.7. The van der Waals surface area contributed by atoms with Crippen molar-refractivity contribution in [3.8, 4) is 0 Å². The molecule has 2 saturated heterocycles. The lowest BCUT2D eigenvalue weighted by atomic mass is 10.1. The summed E-state index contributed by atoms with van der Waals surface area (Å²) in [4.78, 5) is 23.1. The second kappa shape index (κ2) is 14.4. The first-order chi connectivity index (χ1) is 13.5. The van der Waals surface area contributed by atoms with Crippen molar-refractivity contribution in [2.45, 2.75) is 32.7 Å². The Kier molecular flexibility index (Phi) is 13.1. The number of carbonyl (C=O) groups excluding carboxylic acids is 1. The summed E-state index contributed by atoms with van der Waals surface area (Å²) in [7, 11) is 3.63. The largest absolute Gasteiger partial charge is 0.379 e. The molecule has 2 N–H and O–H groups in total. The molecule has 1 unspecified atom stereocenters. The quantitative estimate of drug-likeness (QED) is 0.277. The van der Waals surface area contributed by atoms with Crippen LogP contribution < -0.4 is 10.6 Å². The topological polar surface area (TPSA) is 72.4 Å². The van der Waals surface area contributed by atoms with Crippen LogP contribution in [0.25, 0.3) is 0 Å². The zero-order valence-corrected chi connectivity index (χ0v) is 21.0. The van der Waals surface area contributed by atoms with E-state index in [-0.39, 0.29) is 29.9 Å². The molecule has 0 aliphatic carbocycles. The average molecular weight is 524 g/mol. The maximum atomic E-state index is 11.9. The molecule has 0 spiro atoms. The Bertz CT molecular complexity index is 491. The molecular formula is C20H41IN6O2. The van der Waals surface area contributed by atoms with E-state index in [4.69, 9.17) is 9.73 Å². The molecule has 2 aliphatic heterocycles. The van der Waals surface area contributed by atoms with Crippen LogP contribution in [-0.2, 0) is 9.53 Å². The summed E-state index contributed by atoms with van der Waals surface area (Å²) in [6.45, 7) is 13.3. The van der Waals surface area contributed by atoms with E-state index in [2.05, 4.69) is 34.3 Å². The van der Waals surface area contributed by atoms with Crippen LogP contribution in [0.5, 0.6) is 0 Å². The van der Waals surface area contributed by atoms with E-state index >= 15 is 0 Å². The van der Waals surface area contributed by atoms with Gasteiger partial charge in [0.15, 0.2) is 5.96 Å². The van der Waals surface area contributed by atoms with Gasteiger partial charge in [0, 0.05) is 66.0 Å². The molecule has 1 atom stereocenters. The Morgan fingerprint density at radius 1 is 1.17 bits per heavy atom. The van der Waals surface area contributed by atoms with Crippen molar-refractivity contribution < 1.29 is 9.53 Å². The van der Waals surface area contributed by atoms with Crippen molar-refractivity contribution in [1.29, 1.82) is 0 Å². The highest BCUT2D eigenvalue weighted by Gasteiger charge is 2.22. The van der Waals surface area contributed by atoms with Gasteiger partial charge in [-0.3, -0.25) is 19.6 Å². The highest BCUT2D eigenvalue weighted by Crippen LogP contribution is 2.10. The highest BCUT2D eigenvalue weighted by molar-refractivity contribution is 14.0. The number of halogens is 1. The van der Waals surface area contributed by atoms with Gasteiger partial charge in [-0.15, -0.1) is 24.0 Å². The second-order valence-electron chi connectivity index (χ2n) is 8.22. The number of likely N-dealkylation sites (tertiary alicyclic amines) is 1.